The third-order valence-electron chi connectivity index (χ3n) is 5.75. The molecule has 3 heterocycles. The van der Waals surface area contributed by atoms with Crippen LogP contribution in [0.2, 0.25) is 25.7 Å². The van der Waals surface area contributed by atoms with Crippen molar-refractivity contribution in [3.8, 4) is 11.1 Å². The molecule has 0 radical (unpaired) electrons. The second-order valence-corrected chi connectivity index (χ2v) is 16.3. The van der Waals surface area contributed by atoms with Crippen LogP contribution in [0.25, 0.3) is 22.2 Å². The average molecular weight is 537 g/mol. The molecule has 0 aliphatic heterocycles. The highest BCUT2D eigenvalue weighted by Gasteiger charge is 2.30. The lowest BCUT2D eigenvalue weighted by Gasteiger charge is -2.23. The number of fused-ring (bicyclic) bond motifs is 1. The first-order chi connectivity index (χ1) is 17.2. The van der Waals surface area contributed by atoms with Crippen LogP contribution in [-0.4, -0.2) is 53.9 Å². The molecule has 3 aromatic rings. The zero-order valence-electron chi connectivity index (χ0n) is 21.8. The number of aromatic nitrogens is 3. The summed E-state index contributed by atoms with van der Waals surface area (Å²) < 4.78 is 45.6. The van der Waals surface area contributed by atoms with E-state index in [9.17, 15) is 18.0 Å². The average Bonchev–Trinajstić information content (AvgIpc) is 3.15. The van der Waals surface area contributed by atoms with Crippen molar-refractivity contribution >= 4 is 36.4 Å². The first kappa shape index (κ1) is 28.4. The molecule has 0 aromatic carbocycles. The molecule has 0 spiro atoms. The summed E-state index contributed by atoms with van der Waals surface area (Å²) in [6.07, 6.45) is 2.23. The monoisotopic (exact) mass is 536 g/mol. The zero-order valence-corrected chi connectivity index (χ0v) is 22.8. The molecule has 1 atom stereocenters. The number of carbonyl (C=O) groups excluding carboxylic acids is 1. The van der Waals surface area contributed by atoms with Crippen LogP contribution in [0.3, 0.4) is 0 Å². The van der Waals surface area contributed by atoms with Gasteiger partial charge in [-0.2, -0.15) is 13.2 Å². The molecule has 8 nitrogen and oxygen atoms in total. The molecule has 0 fully saturated rings. The van der Waals surface area contributed by atoms with Crippen LogP contribution < -0.4 is 16.4 Å². The Labute approximate surface area is 215 Å². The maximum Gasteiger partial charge on any atom is 0.405 e. The maximum atomic E-state index is 12.6. The van der Waals surface area contributed by atoms with Crippen molar-refractivity contribution in [2.45, 2.75) is 58.5 Å². The number of halogens is 3. The largest absolute Gasteiger partial charge is 0.405 e. The van der Waals surface area contributed by atoms with E-state index in [2.05, 4.69) is 34.9 Å². The van der Waals surface area contributed by atoms with Crippen molar-refractivity contribution in [2.24, 2.45) is 5.92 Å². The Bertz CT molecular complexity index is 1220. The molecule has 0 aliphatic carbocycles. The number of amides is 1. The summed E-state index contributed by atoms with van der Waals surface area (Å²) in [6.45, 7) is 10.00. The normalized spacial score (nSPS) is 13.2. The van der Waals surface area contributed by atoms with Gasteiger partial charge < -0.3 is 25.7 Å². The van der Waals surface area contributed by atoms with Gasteiger partial charge in [0.15, 0.2) is 0 Å². The van der Waals surface area contributed by atoms with Crippen molar-refractivity contribution < 1.29 is 22.7 Å². The second-order valence-electron chi connectivity index (χ2n) is 10.7. The van der Waals surface area contributed by atoms with E-state index >= 15 is 0 Å². The Morgan fingerprint density at radius 1 is 1.19 bits per heavy atom. The predicted molar refractivity (Wildman–Crippen MR) is 143 cm³/mol. The molecule has 202 valence electrons. The van der Waals surface area contributed by atoms with Crippen molar-refractivity contribution in [3.05, 3.63) is 36.9 Å². The first-order valence-electron chi connectivity index (χ1n) is 12.1. The SMILES string of the molecule is CC(C)C(Nc1cncc(-c2cn(COCC[Si](C)(C)C)c3ncc(N)cc23)c1)C(=O)NCC(F)(F)F. The summed E-state index contributed by atoms with van der Waals surface area (Å²) in [5, 5.41) is 5.81. The molecule has 3 rings (SSSR count). The minimum absolute atomic E-state index is 0.267. The fraction of sp³-hybridized carbons (Fsp3) is 0.480. The number of hydrogen-bond acceptors (Lipinski definition) is 6. The van der Waals surface area contributed by atoms with Crippen LogP contribution in [-0.2, 0) is 16.3 Å². The Hall–Kier alpha value is -3.12. The van der Waals surface area contributed by atoms with E-state index in [0.29, 0.717) is 30.4 Å². The molecule has 37 heavy (non-hydrogen) atoms. The summed E-state index contributed by atoms with van der Waals surface area (Å²) in [6, 6.07) is 3.80. The van der Waals surface area contributed by atoms with Gasteiger partial charge in [-0.15, -0.1) is 0 Å². The highest BCUT2D eigenvalue weighted by atomic mass is 28.3. The van der Waals surface area contributed by atoms with Crippen molar-refractivity contribution in [3.63, 3.8) is 0 Å². The fourth-order valence-electron chi connectivity index (χ4n) is 3.73. The molecule has 3 aromatic heterocycles. The van der Waals surface area contributed by atoms with Crippen LogP contribution in [0.1, 0.15) is 13.8 Å². The van der Waals surface area contributed by atoms with Gasteiger partial charge in [0.05, 0.1) is 17.6 Å². The third-order valence-corrected chi connectivity index (χ3v) is 7.45. The van der Waals surface area contributed by atoms with E-state index in [1.807, 2.05) is 22.1 Å². The van der Waals surface area contributed by atoms with Crippen molar-refractivity contribution in [1.82, 2.24) is 19.9 Å². The van der Waals surface area contributed by atoms with Crippen LogP contribution >= 0.6 is 0 Å². The number of nitrogens with zero attached hydrogens (tertiary/aromatic N) is 3. The van der Waals surface area contributed by atoms with E-state index < -0.39 is 32.7 Å². The van der Waals surface area contributed by atoms with Gasteiger partial charge in [-0.1, -0.05) is 33.5 Å². The third kappa shape index (κ3) is 8.19. The fourth-order valence-corrected chi connectivity index (χ4v) is 4.49. The number of nitrogens with two attached hydrogens (primary N) is 1. The van der Waals surface area contributed by atoms with Crippen LogP contribution in [0, 0.1) is 5.92 Å². The summed E-state index contributed by atoms with van der Waals surface area (Å²) >= 11 is 0. The molecule has 0 saturated heterocycles. The number of hydrogen-bond donors (Lipinski definition) is 3. The van der Waals surface area contributed by atoms with Gasteiger partial charge in [-0.3, -0.25) is 9.78 Å². The molecular formula is C25H35F3N6O2Si. The molecular weight excluding hydrogens is 501 g/mol. The summed E-state index contributed by atoms with van der Waals surface area (Å²) in [5.74, 6) is -1.00. The minimum Gasteiger partial charge on any atom is -0.397 e. The number of rotatable bonds is 11. The van der Waals surface area contributed by atoms with Gasteiger partial charge >= 0.3 is 6.18 Å². The molecule has 0 aliphatic rings. The van der Waals surface area contributed by atoms with Crippen LogP contribution in [0.15, 0.2) is 36.9 Å². The van der Waals surface area contributed by atoms with E-state index in [-0.39, 0.29) is 5.92 Å². The Morgan fingerprint density at radius 2 is 1.92 bits per heavy atom. The summed E-state index contributed by atoms with van der Waals surface area (Å²) in [7, 11) is -1.22. The second kappa shape index (κ2) is 11.5. The van der Waals surface area contributed by atoms with Gasteiger partial charge in [0.25, 0.3) is 0 Å². The molecule has 0 saturated carbocycles. The zero-order chi connectivity index (χ0) is 27.4. The molecule has 1 amide bonds. The van der Waals surface area contributed by atoms with Gasteiger partial charge in [-0.25, -0.2) is 4.98 Å². The van der Waals surface area contributed by atoms with Crippen molar-refractivity contribution in [1.29, 1.82) is 0 Å². The minimum atomic E-state index is -4.48. The number of alkyl halides is 3. The van der Waals surface area contributed by atoms with Crippen LogP contribution in [0.5, 0.6) is 0 Å². The van der Waals surface area contributed by atoms with Crippen LogP contribution in [0.4, 0.5) is 24.5 Å². The van der Waals surface area contributed by atoms with Gasteiger partial charge in [-0.05, 0) is 24.1 Å². The lowest BCUT2D eigenvalue weighted by molar-refractivity contribution is -0.139. The number of nitrogens with one attached hydrogen (secondary N) is 2. The van der Waals surface area contributed by atoms with E-state index in [4.69, 9.17) is 10.5 Å². The van der Waals surface area contributed by atoms with E-state index in [1.54, 1.807) is 32.3 Å². The number of ether oxygens (including phenoxy) is 1. The molecule has 12 heteroatoms. The Kier molecular flexibility index (Phi) is 8.85. The van der Waals surface area contributed by atoms with Gasteiger partial charge in [0.1, 0.15) is 25.0 Å². The number of pyridine rings is 2. The Balaban J connectivity index is 1.86. The predicted octanol–water partition coefficient (Wildman–Crippen LogP) is 5.11. The maximum absolute atomic E-state index is 12.6. The smallest absolute Gasteiger partial charge is 0.397 e. The lowest BCUT2D eigenvalue weighted by atomic mass is 10.0. The van der Waals surface area contributed by atoms with E-state index in [0.717, 1.165) is 22.6 Å². The van der Waals surface area contributed by atoms with Gasteiger partial charge in [0.2, 0.25) is 5.91 Å². The molecule has 0 bridgehead atoms. The van der Waals surface area contributed by atoms with Gasteiger partial charge in [0, 0.05) is 49.8 Å². The molecule has 4 N–H and O–H groups in total. The standard InChI is InChI=1S/C25H35F3N6O2Si/c1-16(2)22(24(35)32-14-25(26,27)28)33-19-8-17(10-30-12-19)21-13-34(15-36-6-7-37(3,4)5)23-20(21)9-18(29)11-31-23/h8-13,16,22,33H,6-7,14-15,29H2,1-5H3,(H,32,35). The highest BCUT2D eigenvalue weighted by molar-refractivity contribution is 6.76. The number of nitrogen functional groups attached to an aromatic ring is 1. The van der Waals surface area contributed by atoms with Crippen molar-refractivity contribution in [2.75, 3.05) is 24.2 Å². The highest BCUT2D eigenvalue weighted by Crippen LogP contribution is 2.32. The van der Waals surface area contributed by atoms with E-state index in [1.165, 1.54) is 6.20 Å². The lowest BCUT2D eigenvalue weighted by Crippen LogP contribution is -2.46. The molecule has 1 unspecified atom stereocenters. The summed E-state index contributed by atoms with van der Waals surface area (Å²) in [4.78, 5) is 21.3. The summed E-state index contributed by atoms with van der Waals surface area (Å²) in [5.41, 5.74) is 9.30. The quantitative estimate of drug-likeness (QED) is 0.232. The number of anilines is 2. The topological polar surface area (TPSA) is 107 Å². The number of carbonyl (C=O) groups is 1. The first-order valence-corrected chi connectivity index (χ1v) is 15.8. The Morgan fingerprint density at radius 3 is 2.57 bits per heavy atom.